The summed E-state index contributed by atoms with van der Waals surface area (Å²) in [4.78, 5) is 13.2. The standard InChI is InChI=1S/C12H18ClN3O/c1-14-9-12(17)15-7-8-16(2)11-6-4-3-5-10(11)13/h3-6,14H,7-9H2,1-2H3,(H,15,17). The van der Waals surface area contributed by atoms with Crippen LogP contribution < -0.4 is 15.5 Å². The Balaban J connectivity index is 2.38. The largest absolute Gasteiger partial charge is 0.372 e. The first-order chi connectivity index (χ1) is 8.15. The zero-order valence-electron chi connectivity index (χ0n) is 10.2. The highest BCUT2D eigenvalue weighted by molar-refractivity contribution is 6.33. The zero-order valence-corrected chi connectivity index (χ0v) is 10.9. The highest BCUT2D eigenvalue weighted by Crippen LogP contribution is 2.23. The molecule has 0 spiro atoms. The van der Waals surface area contributed by atoms with Crippen molar-refractivity contribution >= 4 is 23.2 Å². The van der Waals surface area contributed by atoms with E-state index in [1.165, 1.54) is 0 Å². The first kappa shape index (κ1) is 13.8. The number of hydrogen-bond donors (Lipinski definition) is 2. The van der Waals surface area contributed by atoms with Crippen LogP contribution in [0.15, 0.2) is 24.3 Å². The average molecular weight is 256 g/mol. The SMILES string of the molecule is CNCC(=O)NCCN(C)c1ccccc1Cl. The van der Waals surface area contributed by atoms with Gasteiger partial charge in [0.15, 0.2) is 0 Å². The van der Waals surface area contributed by atoms with Gasteiger partial charge in [-0.1, -0.05) is 23.7 Å². The first-order valence-corrected chi connectivity index (χ1v) is 5.90. The minimum atomic E-state index is 0.0000543. The summed E-state index contributed by atoms with van der Waals surface area (Å²) in [5.74, 6) is 0.0000543. The van der Waals surface area contributed by atoms with Crippen molar-refractivity contribution in [2.45, 2.75) is 0 Å². The molecule has 1 rings (SSSR count). The predicted molar refractivity (Wildman–Crippen MR) is 71.7 cm³/mol. The number of rotatable bonds is 6. The molecule has 0 heterocycles. The van der Waals surface area contributed by atoms with Crippen LogP contribution in [0, 0.1) is 0 Å². The highest BCUT2D eigenvalue weighted by atomic mass is 35.5. The Labute approximate surface area is 107 Å². The summed E-state index contributed by atoms with van der Waals surface area (Å²) in [6.07, 6.45) is 0. The second-order valence-electron chi connectivity index (χ2n) is 3.75. The third-order valence-corrected chi connectivity index (χ3v) is 2.69. The molecule has 17 heavy (non-hydrogen) atoms. The predicted octanol–water partition coefficient (Wildman–Crippen LogP) is 1.11. The van der Waals surface area contributed by atoms with E-state index in [-0.39, 0.29) is 5.91 Å². The zero-order chi connectivity index (χ0) is 12.7. The Hall–Kier alpha value is -1.26. The van der Waals surface area contributed by atoms with Crippen LogP contribution >= 0.6 is 11.6 Å². The van der Waals surface area contributed by atoms with E-state index < -0.39 is 0 Å². The summed E-state index contributed by atoms with van der Waals surface area (Å²) in [7, 11) is 3.70. The highest BCUT2D eigenvalue weighted by Gasteiger charge is 2.05. The number of para-hydroxylation sites is 1. The van der Waals surface area contributed by atoms with Gasteiger partial charge in [-0.25, -0.2) is 0 Å². The van der Waals surface area contributed by atoms with E-state index in [2.05, 4.69) is 10.6 Å². The Kier molecular flexibility index (Phi) is 5.80. The molecule has 0 fully saturated rings. The third kappa shape index (κ3) is 4.63. The summed E-state index contributed by atoms with van der Waals surface area (Å²) in [6, 6.07) is 7.65. The Morgan fingerprint density at radius 1 is 1.41 bits per heavy atom. The molecule has 0 aliphatic carbocycles. The van der Waals surface area contributed by atoms with Crippen LogP contribution in [0.1, 0.15) is 0 Å². The fourth-order valence-corrected chi connectivity index (χ4v) is 1.75. The lowest BCUT2D eigenvalue weighted by Crippen LogP contribution is -2.37. The number of carbonyl (C=O) groups excluding carboxylic acids is 1. The number of halogens is 1. The van der Waals surface area contributed by atoms with Crippen LogP contribution in [0.5, 0.6) is 0 Å². The van der Waals surface area contributed by atoms with E-state index in [1.54, 1.807) is 7.05 Å². The molecule has 0 atom stereocenters. The Morgan fingerprint density at radius 2 is 2.12 bits per heavy atom. The van der Waals surface area contributed by atoms with Crippen LogP contribution in [0.25, 0.3) is 0 Å². The van der Waals surface area contributed by atoms with Crippen molar-refractivity contribution in [1.82, 2.24) is 10.6 Å². The number of likely N-dealkylation sites (N-methyl/N-ethyl adjacent to an activating group) is 2. The lowest BCUT2D eigenvalue weighted by Gasteiger charge is -2.20. The normalized spacial score (nSPS) is 10.1. The lowest BCUT2D eigenvalue weighted by atomic mass is 10.3. The second-order valence-corrected chi connectivity index (χ2v) is 4.16. The number of nitrogens with one attached hydrogen (secondary N) is 2. The second kappa shape index (κ2) is 7.14. The summed E-state index contributed by atoms with van der Waals surface area (Å²) in [6.45, 7) is 1.66. The smallest absolute Gasteiger partial charge is 0.234 e. The average Bonchev–Trinajstić information content (AvgIpc) is 2.29. The van der Waals surface area contributed by atoms with Gasteiger partial charge in [-0.3, -0.25) is 4.79 Å². The van der Waals surface area contributed by atoms with Crippen molar-refractivity contribution in [1.29, 1.82) is 0 Å². The maximum absolute atomic E-state index is 11.2. The van der Waals surface area contributed by atoms with E-state index >= 15 is 0 Å². The van der Waals surface area contributed by atoms with Crippen LogP contribution in [-0.4, -0.2) is 39.6 Å². The van der Waals surface area contributed by atoms with Gasteiger partial charge in [0.1, 0.15) is 0 Å². The van der Waals surface area contributed by atoms with Crippen LogP contribution in [-0.2, 0) is 4.79 Å². The fourth-order valence-electron chi connectivity index (χ4n) is 1.47. The van der Waals surface area contributed by atoms with Crippen molar-refractivity contribution in [3.05, 3.63) is 29.3 Å². The van der Waals surface area contributed by atoms with E-state index in [9.17, 15) is 4.79 Å². The van der Waals surface area contributed by atoms with Crippen LogP contribution in [0.4, 0.5) is 5.69 Å². The van der Waals surface area contributed by atoms with Crippen molar-refractivity contribution < 1.29 is 4.79 Å². The quantitative estimate of drug-likeness (QED) is 0.801. The van der Waals surface area contributed by atoms with Gasteiger partial charge in [-0.05, 0) is 19.2 Å². The Morgan fingerprint density at radius 3 is 2.76 bits per heavy atom. The van der Waals surface area contributed by atoms with E-state index in [4.69, 9.17) is 11.6 Å². The summed E-state index contributed by atoms with van der Waals surface area (Å²) >= 11 is 6.07. The minimum Gasteiger partial charge on any atom is -0.372 e. The summed E-state index contributed by atoms with van der Waals surface area (Å²) < 4.78 is 0. The third-order valence-electron chi connectivity index (χ3n) is 2.37. The van der Waals surface area contributed by atoms with Gasteiger partial charge in [-0.2, -0.15) is 0 Å². The molecule has 1 aromatic carbocycles. The molecular formula is C12H18ClN3O. The first-order valence-electron chi connectivity index (χ1n) is 5.52. The number of benzene rings is 1. The van der Waals surface area contributed by atoms with Crippen LogP contribution in [0.2, 0.25) is 5.02 Å². The monoisotopic (exact) mass is 255 g/mol. The minimum absolute atomic E-state index is 0.0000543. The van der Waals surface area contributed by atoms with Gasteiger partial charge < -0.3 is 15.5 Å². The van der Waals surface area contributed by atoms with Gasteiger partial charge in [0, 0.05) is 20.1 Å². The van der Waals surface area contributed by atoms with Gasteiger partial charge in [0.05, 0.1) is 17.3 Å². The molecule has 1 amide bonds. The maximum Gasteiger partial charge on any atom is 0.234 e. The molecule has 0 saturated heterocycles. The molecule has 0 radical (unpaired) electrons. The molecular weight excluding hydrogens is 238 g/mol. The molecule has 0 bridgehead atoms. The molecule has 0 aliphatic heterocycles. The molecule has 4 nitrogen and oxygen atoms in total. The van der Waals surface area contributed by atoms with Crippen molar-refractivity contribution in [2.24, 2.45) is 0 Å². The molecule has 0 aromatic heterocycles. The maximum atomic E-state index is 11.2. The fraction of sp³-hybridized carbons (Fsp3) is 0.417. The molecule has 1 aromatic rings. The van der Waals surface area contributed by atoms with Crippen molar-refractivity contribution in [3.63, 3.8) is 0 Å². The Bertz CT molecular complexity index is 371. The number of nitrogens with zero attached hydrogens (tertiary/aromatic N) is 1. The summed E-state index contributed by atoms with van der Waals surface area (Å²) in [5.41, 5.74) is 0.969. The van der Waals surface area contributed by atoms with Crippen LogP contribution in [0.3, 0.4) is 0 Å². The van der Waals surface area contributed by atoms with Crippen molar-refractivity contribution in [3.8, 4) is 0 Å². The van der Waals surface area contributed by atoms with Gasteiger partial charge >= 0.3 is 0 Å². The van der Waals surface area contributed by atoms with Gasteiger partial charge in [0.2, 0.25) is 5.91 Å². The molecule has 5 heteroatoms. The van der Waals surface area contributed by atoms with Crippen molar-refractivity contribution in [2.75, 3.05) is 38.6 Å². The number of anilines is 1. The number of hydrogen-bond acceptors (Lipinski definition) is 3. The molecule has 0 saturated carbocycles. The lowest BCUT2D eigenvalue weighted by molar-refractivity contribution is -0.120. The molecule has 0 aliphatic rings. The summed E-state index contributed by atoms with van der Waals surface area (Å²) in [5, 5.41) is 6.34. The van der Waals surface area contributed by atoms with Gasteiger partial charge in [0.25, 0.3) is 0 Å². The molecule has 0 unspecified atom stereocenters. The van der Waals surface area contributed by atoms with Gasteiger partial charge in [-0.15, -0.1) is 0 Å². The topological polar surface area (TPSA) is 44.4 Å². The van der Waals surface area contributed by atoms with E-state index in [0.29, 0.717) is 13.1 Å². The number of carbonyl (C=O) groups is 1. The molecule has 94 valence electrons. The number of amides is 1. The van der Waals surface area contributed by atoms with E-state index in [1.807, 2.05) is 36.2 Å². The van der Waals surface area contributed by atoms with E-state index in [0.717, 1.165) is 17.3 Å². The molecule has 2 N–H and O–H groups in total.